The Labute approximate surface area is 162 Å². The van der Waals surface area contributed by atoms with Crippen LogP contribution in [0.5, 0.6) is 11.5 Å². The van der Waals surface area contributed by atoms with Gasteiger partial charge in [-0.15, -0.1) is 0 Å². The van der Waals surface area contributed by atoms with Gasteiger partial charge in [0.2, 0.25) is 0 Å². The lowest BCUT2D eigenvalue weighted by Crippen LogP contribution is -2.00. The molecule has 27 heavy (non-hydrogen) atoms. The van der Waals surface area contributed by atoms with Crippen LogP contribution in [-0.2, 0) is 16.1 Å². The lowest BCUT2D eigenvalue weighted by atomic mass is 10.1. The maximum absolute atomic E-state index is 11.3. The first-order valence-electron chi connectivity index (χ1n) is 8.35. The fourth-order valence-electron chi connectivity index (χ4n) is 2.78. The Morgan fingerprint density at radius 1 is 1.07 bits per heavy atom. The van der Waals surface area contributed by atoms with Crippen LogP contribution >= 0.6 is 11.6 Å². The molecular formula is C22H19ClO4. The summed E-state index contributed by atoms with van der Waals surface area (Å²) in [5.41, 5.74) is 1.76. The zero-order valence-corrected chi connectivity index (χ0v) is 15.8. The second kappa shape index (κ2) is 8.60. The van der Waals surface area contributed by atoms with Gasteiger partial charge in [-0.25, -0.2) is 4.79 Å². The van der Waals surface area contributed by atoms with Crippen molar-refractivity contribution in [1.82, 2.24) is 0 Å². The van der Waals surface area contributed by atoms with Gasteiger partial charge in [-0.05, 0) is 40.1 Å². The summed E-state index contributed by atoms with van der Waals surface area (Å²) in [6.45, 7) is 0.356. The number of carbonyl (C=O) groups is 1. The van der Waals surface area contributed by atoms with Crippen LogP contribution in [0.25, 0.3) is 16.8 Å². The van der Waals surface area contributed by atoms with E-state index in [0.717, 1.165) is 16.3 Å². The number of hydrogen-bond acceptors (Lipinski definition) is 4. The first-order chi connectivity index (χ1) is 13.1. The molecule has 3 rings (SSSR count). The summed E-state index contributed by atoms with van der Waals surface area (Å²) < 4.78 is 16.0. The molecular weight excluding hydrogens is 364 g/mol. The molecule has 3 aromatic rings. The van der Waals surface area contributed by atoms with Crippen LogP contribution in [0.3, 0.4) is 0 Å². The van der Waals surface area contributed by atoms with Gasteiger partial charge < -0.3 is 14.2 Å². The molecule has 4 nitrogen and oxygen atoms in total. The number of ether oxygens (including phenoxy) is 3. The van der Waals surface area contributed by atoms with E-state index in [9.17, 15) is 4.79 Å². The van der Waals surface area contributed by atoms with E-state index < -0.39 is 5.97 Å². The highest BCUT2D eigenvalue weighted by Crippen LogP contribution is 2.37. The van der Waals surface area contributed by atoms with Crippen LogP contribution in [0.2, 0.25) is 5.02 Å². The highest BCUT2D eigenvalue weighted by Gasteiger charge is 2.12. The Kier molecular flexibility index (Phi) is 5.99. The van der Waals surface area contributed by atoms with Gasteiger partial charge in [0.25, 0.3) is 0 Å². The number of esters is 1. The quantitative estimate of drug-likeness (QED) is 0.430. The molecule has 0 fully saturated rings. The molecule has 0 aromatic heterocycles. The molecule has 0 amide bonds. The average molecular weight is 383 g/mol. The highest BCUT2D eigenvalue weighted by molar-refractivity contribution is 6.32. The van der Waals surface area contributed by atoms with Crippen molar-refractivity contribution in [2.45, 2.75) is 6.61 Å². The van der Waals surface area contributed by atoms with Crippen molar-refractivity contribution in [3.63, 3.8) is 0 Å². The molecule has 0 saturated carbocycles. The molecule has 0 radical (unpaired) electrons. The Morgan fingerprint density at radius 2 is 1.85 bits per heavy atom. The van der Waals surface area contributed by atoms with E-state index in [4.69, 9.17) is 21.1 Å². The largest absolute Gasteiger partial charge is 0.493 e. The first kappa shape index (κ1) is 18.8. The van der Waals surface area contributed by atoms with E-state index >= 15 is 0 Å². The molecule has 0 aliphatic carbocycles. The van der Waals surface area contributed by atoms with Gasteiger partial charge in [0, 0.05) is 6.08 Å². The maximum Gasteiger partial charge on any atom is 0.330 e. The number of methoxy groups -OCH3 is 2. The third kappa shape index (κ3) is 4.41. The minimum Gasteiger partial charge on any atom is -0.493 e. The van der Waals surface area contributed by atoms with Gasteiger partial charge in [0.1, 0.15) is 6.61 Å². The molecule has 0 spiro atoms. The van der Waals surface area contributed by atoms with Gasteiger partial charge >= 0.3 is 5.97 Å². The normalized spacial score (nSPS) is 10.9. The molecule has 0 atom stereocenters. The van der Waals surface area contributed by atoms with Crippen molar-refractivity contribution in [1.29, 1.82) is 0 Å². The van der Waals surface area contributed by atoms with Crippen molar-refractivity contribution in [3.8, 4) is 11.5 Å². The van der Waals surface area contributed by atoms with E-state index in [-0.39, 0.29) is 0 Å². The van der Waals surface area contributed by atoms with E-state index in [1.54, 1.807) is 25.3 Å². The van der Waals surface area contributed by atoms with Crippen molar-refractivity contribution in [2.24, 2.45) is 0 Å². The summed E-state index contributed by atoms with van der Waals surface area (Å²) in [4.78, 5) is 11.3. The van der Waals surface area contributed by atoms with Crippen LogP contribution in [0.1, 0.15) is 11.1 Å². The van der Waals surface area contributed by atoms with Gasteiger partial charge in [-0.1, -0.05) is 54.1 Å². The third-order valence-electron chi connectivity index (χ3n) is 4.12. The van der Waals surface area contributed by atoms with Crippen LogP contribution in [0.15, 0.2) is 60.7 Å². The van der Waals surface area contributed by atoms with Crippen LogP contribution in [0, 0.1) is 0 Å². The van der Waals surface area contributed by atoms with Crippen LogP contribution in [-0.4, -0.2) is 20.2 Å². The number of fused-ring (bicyclic) bond motifs is 1. The Bertz CT molecular complexity index is 990. The Balaban J connectivity index is 1.86. The molecule has 0 N–H and O–H groups in total. The number of rotatable bonds is 6. The molecule has 0 aliphatic heterocycles. The molecule has 138 valence electrons. The summed E-state index contributed by atoms with van der Waals surface area (Å²) >= 11 is 6.39. The number of hydrogen-bond donors (Lipinski definition) is 0. The van der Waals surface area contributed by atoms with Crippen molar-refractivity contribution in [3.05, 3.63) is 76.8 Å². The summed E-state index contributed by atoms with van der Waals surface area (Å²) in [5.74, 6) is 0.510. The molecule has 0 bridgehead atoms. The smallest absolute Gasteiger partial charge is 0.330 e. The summed E-state index contributed by atoms with van der Waals surface area (Å²) in [6.07, 6.45) is 2.93. The minimum absolute atomic E-state index is 0.356. The van der Waals surface area contributed by atoms with Gasteiger partial charge in [-0.2, -0.15) is 0 Å². The number of benzene rings is 3. The Hall–Kier alpha value is -2.98. The molecule has 0 unspecified atom stereocenters. The van der Waals surface area contributed by atoms with E-state index in [2.05, 4.69) is 22.9 Å². The van der Waals surface area contributed by atoms with Crippen molar-refractivity contribution >= 4 is 34.4 Å². The van der Waals surface area contributed by atoms with Gasteiger partial charge in [0.05, 0.1) is 19.2 Å². The van der Waals surface area contributed by atoms with E-state index in [1.807, 2.05) is 24.3 Å². The lowest BCUT2D eigenvalue weighted by molar-refractivity contribution is -0.134. The zero-order valence-electron chi connectivity index (χ0n) is 15.1. The second-order valence-electron chi connectivity index (χ2n) is 5.82. The van der Waals surface area contributed by atoms with Gasteiger partial charge in [0.15, 0.2) is 11.5 Å². The molecule has 3 aromatic carbocycles. The topological polar surface area (TPSA) is 44.8 Å². The fourth-order valence-corrected chi connectivity index (χ4v) is 3.05. The van der Waals surface area contributed by atoms with Crippen LogP contribution < -0.4 is 9.47 Å². The lowest BCUT2D eigenvalue weighted by Gasteiger charge is -2.14. The first-order valence-corrected chi connectivity index (χ1v) is 8.73. The molecule has 0 heterocycles. The molecule has 5 heteroatoms. The van der Waals surface area contributed by atoms with Crippen molar-refractivity contribution < 1.29 is 19.0 Å². The molecule has 0 saturated heterocycles. The second-order valence-corrected chi connectivity index (χ2v) is 6.22. The van der Waals surface area contributed by atoms with Crippen molar-refractivity contribution in [2.75, 3.05) is 14.2 Å². The van der Waals surface area contributed by atoms with Gasteiger partial charge in [-0.3, -0.25) is 0 Å². The Morgan fingerprint density at radius 3 is 2.63 bits per heavy atom. The zero-order chi connectivity index (χ0) is 19.2. The number of halogens is 1. The van der Waals surface area contributed by atoms with Crippen LogP contribution in [0.4, 0.5) is 0 Å². The fraction of sp³-hybridized carbons (Fsp3) is 0.136. The average Bonchev–Trinajstić information content (AvgIpc) is 2.70. The third-order valence-corrected chi connectivity index (χ3v) is 4.40. The highest BCUT2D eigenvalue weighted by atomic mass is 35.5. The predicted molar refractivity (Wildman–Crippen MR) is 107 cm³/mol. The monoisotopic (exact) mass is 382 g/mol. The standard InChI is InChI=1S/C22H19ClO4/c1-25-20-13-15(10-11-21(24)26-2)12-19(23)22(20)27-14-17-8-5-7-16-6-3-4-9-18(16)17/h3-13H,14H2,1-2H3/b11-10+. The molecule has 0 aliphatic rings. The number of carbonyl (C=O) groups excluding carboxylic acids is 1. The minimum atomic E-state index is -0.443. The summed E-state index contributed by atoms with van der Waals surface area (Å²) in [5, 5.41) is 2.69. The SMILES string of the molecule is COC(=O)/C=C/c1cc(Cl)c(OCc2cccc3ccccc23)c(OC)c1. The predicted octanol–water partition coefficient (Wildman–Crippen LogP) is 5.27. The maximum atomic E-state index is 11.3. The summed E-state index contributed by atoms with van der Waals surface area (Å²) in [6, 6.07) is 17.7. The van der Waals surface area contributed by atoms with E-state index in [1.165, 1.54) is 13.2 Å². The van der Waals surface area contributed by atoms with E-state index in [0.29, 0.717) is 28.7 Å². The summed E-state index contributed by atoms with van der Waals surface area (Å²) in [7, 11) is 2.87.